The van der Waals surface area contributed by atoms with Crippen LogP contribution in [0.25, 0.3) is 6.08 Å². The summed E-state index contributed by atoms with van der Waals surface area (Å²) in [5.41, 5.74) is 0.780. The first kappa shape index (κ1) is 14.9. The van der Waals surface area contributed by atoms with Crippen molar-refractivity contribution in [2.75, 3.05) is 0 Å². The average molecular weight is 235 g/mol. The van der Waals surface area contributed by atoms with Gasteiger partial charge in [-0.1, -0.05) is 12.0 Å². The van der Waals surface area contributed by atoms with E-state index in [2.05, 4.69) is 10.9 Å². The number of terminal acetylenes is 1. The molecule has 0 atom stereocenters. The van der Waals surface area contributed by atoms with E-state index in [0.29, 0.717) is 5.56 Å². The molecule has 0 fully saturated rings. The van der Waals surface area contributed by atoms with E-state index >= 15 is 0 Å². The second-order valence-corrected chi connectivity index (χ2v) is 2.60. The Kier molecular flexibility index (Phi) is 6.48. The van der Waals surface area contributed by atoms with Crippen molar-refractivity contribution in [3.8, 4) is 12.3 Å². The molecule has 0 unspecified atom stereocenters. The van der Waals surface area contributed by atoms with Gasteiger partial charge in [0.05, 0.1) is 5.69 Å². The third kappa shape index (κ3) is 6.18. The minimum absolute atomic E-state index is 0. The van der Waals surface area contributed by atoms with E-state index in [1.54, 1.807) is 0 Å². The molecule has 1 aromatic heterocycles. The third-order valence-corrected chi connectivity index (χ3v) is 1.44. The Hall–Kier alpha value is -0.0587. The summed E-state index contributed by atoms with van der Waals surface area (Å²) in [5, 5.41) is 0. The molecule has 0 aromatic carbocycles. The predicted octanol–water partition coefficient (Wildman–Crippen LogP) is -0.533. The molecule has 15 heavy (non-hydrogen) atoms. The molecular weight excluding hydrogens is 229 g/mol. The maximum atomic E-state index is 11.8. The summed E-state index contributed by atoms with van der Waals surface area (Å²) < 4.78 is 35.4. The van der Waals surface area contributed by atoms with Crippen molar-refractivity contribution in [1.29, 1.82) is 0 Å². The van der Waals surface area contributed by atoms with Crippen LogP contribution in [0.3, 0.4) is 0 Å². The molecule has 1 aromatic rings. The van der Waals surface area contributed by atoms with Gasteiger partial charge in [0.1, 0.15) is 0 Å². The van der Waals surface area contributed by atoms with Crippen LogP contribution in [0.5, 0.6) is 0 Å². The molecule has 0 aliphatic carbocycles. The van der Waals surface area contributed by atoms with Crippen LogP contribution in [0.4, 0.5) is 12.9 Å². The van der Waals surface area contributed by atoms with E-state index in [9.17, 15) is 12.9 Å². The van der Waals surface area contributed by atoms with Gasteiger partial charge in [-0.2, -0.15) is 0 Å². The van der Waals surface area contributed by atoms with Crippen LogP contribution in [0, 0.1) is 12.3 Å². The Labute approximate surface area is 129 Å². The number of hydrogen-bond donors (Lipinski definition) is 0. The topological polar surface area (TPSA) is 12.9 Å². The maximum absolute atomic E-state index is 11.8. The fraction of sp³-hybridized carbons (Fsp3) is 0. The number of halogens is 3. The molecule has 0 spiro atoms. The summed E-state index contributed by atoms with van der Waals surface area (Å²) >= 11 is 0. The molecule has 6 heteroatoms. The van der Waals surface area contributed by atoms with Crippen molar-refractivity contribution < 1.29 is 64.3 Å². The number of nitrogens with zero attached hydrogens (tertiary/aromatic N) is 1. The summed E-state index contributed by atoms with van der Waals surface area (Å²) in [6.45, 7) is -4.90. The molecule has 1 heterocycles. The first-order valence-corrected chi connectivity index (χ1v) is 3.83. The molecule has 1 rings (SSSR count). The molecule has 72 valence electrons. The van der Waals surface area contributed by atoms with E-state index in [1.807, 2.05) is 0 Å². The summed E-state index contributed by atoms with van der Waals surface area (Å²) in [7, 11) is 0. The number of hydrogen-bond acceptors (Lipinski definition) is 1. The van der Waals surface area contributed by atoms with Crippen molar-refractivity contribution in [2.45, 2.75) is 0 Å². The zero-order valence-corrected chi connectivity index (χ0v) is 11.2. The van der Waals surface area contributed by atoms with Crippen molar-refractivity contribution in [3.63, 3.8) is 0 Å². The minimum Gasteiger partial charge on any atom is -0.445 e. The van der Waals surface area contributed by atoms with Crippen LogP contribution in [0.1, 0.15) is 11.3 Å². The quantitative estimate of drug-likeness (QED) is 0.496. The SMILES string of the molecule is C#Cc1ccc(/C=C/[B-](F)(F)F)nc1.[K+]. The van der Waals surface area contributed by atoms with Gasteiger partial charge in [-0.25, -0.2) is 0 Å². The Morgan fingerprint density at radius 1 is 1.33 bits per heavy atom. The second kappa shape index (κ2) is 6.51. The molecule has 0 bridgehead atoms. The Morgan fingerprint density at radius 2 is 2.00 bits per heavy atom. The smallest absolute Gasteiger partial charge is 0.445 e. The average Bonchev–Trinajstić information content (AvgIpc) is 2.14. The van der Waals surface area contributed by atoms with Gasteiger partial charge >= 0.3 is 58.4 Å². The van der Waals surface area contributed by atoms with Gasteiger partial charge in [0.2, 0.25) is 0 Å². The van der Waals surface area contributed by atoms with Crippen LogP contribution >= 0.6 is 0 Å². The van der Waals surface area contributed by atoms with Gasteiger partial charge in [0, 0.05) is 11.8 Å². The maximum Gasteiger partial charge on any atom is 1.00 e. The fourth-order valence-electron chi connectivity index (χ4n) is 0.797. The van der Waals surface area contributed by atoms with Crippen molar-refractivity contribution >= 4 is 13.1 Å². The van der Waals surface area contributed by atoms with Crippen molar-refractivity contribution in [3.05, 3.63) is 35.6 Å². The molecule has 0 amide bonds. The molecule has 0 saturated heterocycles. The fourth-order valence-corrected chi connectivity index (χ4v) is 0.797. The molecule has 0 saturated carbocycles. The predicted molar refractivity (Wildman–Crippen MR) is 50.3 cm³/mol. The van der Waals surface area contributed by atoms with Gasteiger partial charge in [-0.15, -0.1) is 12.4 Å². The zero-order valence-electron chi connectivity index (χ0n) is 8.12. The first-order chi connectivity index (χ1) is 6.51. The Morgan fingerprint density at radius 3 is 2.40 bits per heavy atom. The summed E-state index contributed by atoms with van der Waals surface area (Å²) in [6.07, 6.45) is 7.33. The van der Waals surface area contributed by atoms with Crippen LogP contribution in [-0.2, 0) is 0 Å². The number of rotatable bonds is 2. The Balaban J connectivity index is 0.00000196. The normalized spacial score (nSPS) is 10.8. The van der Waals surface area contributed by atoms with E-state index in [4.69, 9.17) is 6.42 Å². The van der Waals surface area contributed by atoms with Crippen molar-refractivity contribution in [1.82, 2.24) is 4.98 Å². The second-order valence-electron chi connectivity index (χ2n) is 2.60. The zero-order chi connectivity index (χ0) is 10.6. The van der Waals surface area contributed by atoms with Gasteiger partial charge in [-0.3, -0.25) is 4.98 Å². The monoisotopic (exact) mass is 235 g/mol. The first-order valence-electron chi connectivity index (χ1n) is 3.83. The summed E-state index contributed by atoms with van der Waals surface area (Å²) in [5.74, 6) is 2.51. The molecule has 0 N–H and O–H groups in total. The molecule has 0 radical (unpaired) electrons. The molecule has 1 nitrogen and oxygen atoms in total. The molecule has 0 aliphatic heterocycles. The van der Waals surface area contributed by atoms with Crippen LogP contribution in [0.2, 0.25) is 0 Å². The van der Waals surface area contributed by atoms with E-state index in [0.717, 1.165) is 6.08 Å². The summed E-state index contributed by atoms with van der Waals surface area (Å²) in [4.78, 5) is 3.73. The third-order valence-electron chi connectivity index (χ3n) is 1.44. The number of pyridine rings is 1. The van der Waals surface area contributed by atoms with Crippen LogP contribution in [0.15, 0.2) is 24.3 Å². The molecular formula is C9H6BF3KN. The van der Waals surface area contributed by atoms with Crippen LogP contribution < -0.4 is 51.4 Å². The number of aromatic nitrogens is 1. The van der Waals surface area contributed by atoms with Gasteiger partial charge in [0.15, 0.2) is 0 Å². The van der Waals surface area contributed by atoms with E-state index < -0.39 is 6.98 Å². The van der Waals surface area contributed by atoms with Gasteiger partial charge in [-0.05, 0) is 12.1 Å². The van der Waals surface area contributed by atoms with E-state index in [1.165, 1.54) is 18.3 Å². The minimum atomic E-state index is -4.90. The standard InChI is InChI=1S/C9H6BF3N.K/c1-2-8-3-4-9(14-7-8)5-6-10(11,12)13;/h1,3-7H;/q-1;+1/b6-5+;. The van der Waals surface area contributed by atoms with Crippen LogP contribution in [-0.4, -0.2) is 12.0 Å². The largest absolute Gasteiger partial charge is 1.00 e. The Bertz CT molecular complexity index is 378. The van der Waals surface area contributed by atoms with Gasteiger partial charge < -0.3 is 12.9 Å². The van der Waals surface area contributed by atoms with Crippen molar-refractivity contribution in [2.24, 2.45) is 0 Å². The summed E-state index contributed by atoms with van der Waals surface area (Å²) in [6, 6.07) is 2.98. The molecule has 0 aliphatic rings. The van der Waals surface area contributed by atoms with E-state index in [-0.39, 0.29) is 63.1 Å². The van der Waals surface area contributed by atoms with Gasteiger partial charge in [0.25, 0.3) is 0 Å².